The second-order valence-electron chi connectivity index (χ2n) is 6.76. The first-order chi connectivity index (χ1) is 11.6. The van der Waals surface area contributed by atoms with E-state index in [9.17, 15) is 0 Å². The lowest BCUT2D eigenvalue weighted by Crippen LogP contribution is -2.02. The quantitative estimate of drug-likeness (QED) is 0.613. The van der Waals surface area contributed by atoms with Gasteiger partial charge >= 0.3 is 0 Å². The van der Waals surface area contributed by atoms with Gasteiger partial charge in [-0.2, -0.15) is 0 Å². The fourth-order valence-electron chi connectivity index (χ4n) is 3.25. The van der Waals surface area contributed by atoms with Gasteiger partial charge in [-0.1, -0.05) is 38.8 Å². The monoisotopic (exact) mass is 324 g/mol. The van der Waals surface area contributed by atoms with Gasteiger partial charge < -0.3 is 11.5 Å². The molecule has 4 N–H and O–H groups in total. The second-order valence-corrected chi connectivity index (χ2v) is 6.76. The van der Waals surface area contributed by atoms with Crippen LogP contribution in [0.2, 0.25) is 0 Å². The van der Waals surface area contributed by atoms with Crippen LogP contribution in [0, 0.1) is 0 Å². The average Bonchev–Trinajstić information content (AvgIpc) is 2.58. The first-order valence-corrected chi connectivity index (χ1v) is 9.38. The maximum Gasteiger partial charge on any atom is 0.0316 e. The number of anilines is 2. The van der Waals surface area contributed by atoms with E-state index in [1.807, 2.05) is 12.1 Å². The van der Waals surface area contributed by atoms with Crippen molar-refractivity contribution in [3.63, 3.8) is 0 Å². The van der Waals surface area contributed by atoms with Crippen molar-refractivity contribution >= 4 is 11.4 Å². The summed E-state index contributed by atoms with van der Waals surface area (Å²) in [6.45, 7) is 4.47. The molecule has 0 unspecified atom stereocenters. The zero-order valence-electron chi connectivity index (χ0n) is 15.3. The molecule has 0 radical (unpaired) electrons. The summed E-state index contributed by atoms with van der Waals surface area (Å²) < 4.78 is 0. The van der Waals surface area contributed by atoms with Crippen LogP contribution in [0.5, 0.6) is 0 Å². The van der Waals surface area contributed by atoms with Crippen LogP contribution in [0.3, 0.4) is 0 Å². The summed E-state index contributed by atoms with van der Waals surface area (Å²) in [5.74, 6) is 0. The Morgan fingerprint density at radius 1 is 0.583 bits per heavy atom. The molecule has 0 heterocycles. The number of hydrogen-bond donors (Lipinski definition) is 2. The summed E-state index contributed by atoms with van der Waals surface area (Å²) in [4.78, 5) is 0. The zero-order valence-corrected chi connectivity index (χ0v) is 15.3. The summed E-state index contributed by atoms with van der Waals surface area (Å²) in [5, 5.41) is 0. The molecule has 0 fully saturated rings. The van der Waals surface area contributed by atoms with E-state index in [0.29, 0.717) is 0 Å². The van der Waals surface area contributed by atoms with Crippen LogP contribution in [0.15, 0.2) is 36.4 Å². The number of unbranched alkanes of at least 4 members (excludes halogenated alkanes) is 2. The fraction of sp³-hybridized carbons (Fsp3) is 0.455. The Morgan fingerprint density at radius 3 is 1.38 bits per heavy atom. The molecule has 0 saturated carbocycles. The van der Waals surface area contributed by atoms with Gasteiger partial charge in [0.2, 0.25) is 0 Å². The molecule has 2 rings (SSSR count). The Bertz CT molecular complexity index is 589. The minimum Gasteiger partial charge on any atom is -0.399 e. The van der Waals surface area contributed by atoms with Gasteiger partial charge in [0.25, 0.3) is 0 Å². The summed E-state index contributed by atoms with van der Waals surface area (Å²) in [6, 6.07) is 12.8. The minimum absolute atomic E-state index is 0.876. The Morgan fingerprint density at radius 2 is 1.00 bits per heavy atom. The van der Waals surface area contributed by atoms with Crippen LogP contribution in [-0.2, 0) is 25.7 Å². The number of nitrogens with two attached hydrogens (primary N) is 2. The summed E-state index contributed by atoms with van der Waals surface area (Å²) in [6.07, 6.45) is 9.27. The molecule has 24 heavy (non-hydrogen) atoms. The van der Waals surface area contributed by atoms with Crippen LogP contribution in [0.1, 0.15) is 61.8 Å². The highest BCUT2D eigenvalue weighted by Gasteiger charge is 2.07. The highest BCUT2D eigenvalue weighted by Crippen LogP contribution is 2.22. The number of rotatable bonds is 9. The molecule has 2 aromatic rings. The van der Waals surface area contributed by atoms with Gasteiger partial charge in [-0.3, -0.25) is 0 Å². The van der Waals surface area contributed by atoms with Crippen molar-refractivity contribution in [3.8, 4) is 0 Å². The van der Waals surface area contributed by atoms with Crippen molar-refractivity contribution in [2.75, 3.05) is 11.5 Å². The molecule has 0 aromatic heterocycles. The van der Waals surface area contributed by atoms with E-state index in [1.165, 1.54) is 47.9 Å². The van der Waals surface area contributed by atoms with E-state index in [-0.39, 0.29) is 0 Å². The molecule has 0 saturated heterocycles. The second kappa shape index (κ2) is 9.36. The Labute approximate surface area is 147 Å². The summed E-state index contributed by atoms with van der Waals surface area (Å²) >= 11 is 0. The molecule has 0 atom stereocenters. The van der Waals surface area contributed by atoms with Gasteiger partial charge in [0, 0.05) is 11.4 Å². The average molecular weight is 325 g/mol. The lowest BCUT2D eigenvalue weighted by molar-refractivity contribution is 0.773. The smallest absolute Gasteiger partial charge is 0.0316 e. The lowest BCUT2D eigenvalue weighted by atomic mass is 9.93. The fourth-order valence-corrected chi connectivity index (χ4v) is 3.25. The molecular weight excluding hydrogens is 292 g/mol. The van der Waals surface area contributed by atoms with Crippen LogP contribution < -0.4 is 11.5 Å². The Hall–Kier alpha value is -1.96. The highest BCUT2D eigenvalue weighted by atomic mass is 14.5. The van der Waals surface area contributed by atoms with Crippen LogP contribution in [-0.4, -0.2) is 0 Å². The van der Waals surface area contributed by atoms with Crippen molar-refractivity contribution in [1.29, 1.82) is 0 Å². The van der Waals surface area contributed by atoms with Gasteiger partial charge in [-0.25, -0.2) is 0 Å². The van der Waals surface area contributed by atoms with Crippen molar-refractivity contribution in [3.05, 3.63) is 58.7 Å². The Kier molecular flexibility index (Phi) is 7.17. The molecule has 0 aliphatic heterocycles. The lowest BCUT2D eigenvalue weighted by Gasteiger charge is -2.13. The number of nitrogen functional groups attached to an aromatic ring is 2. The maximum absolute atomic E-state index is 5.99. The third kappa shape index (κ3) is 5.30. The molecule has 2 nitrogen and oxygen atoms in total. The van der Waals surface area contributed by atoms with Gasteiger partial charge in [-0.05, 0) is 85.0 Å². The SMILES string of the molecule is CCCCc1cc(N)ccc1CCc1ccc(N)cc1CCCC. The first kappa shape index (κ1) is 18.4. The molecule has 130 valence electrons. The molecule has 0 aliphatic carbocycles. The van der Waals surface area contributed by atoms with Gasteiger partial charge in [-0.15, -0.1) is 0 Å². The van der Waals surface area contributed by atoms with Crippen molar-refractivity contribution < 1.29 is 0 Å². The van der Waals surface area contributed by atoms with Crippen LogP contribution in [0.25, 0.3) is 0 Å². The third-order valence-corrected chi connectivity index (χ3v) is 4.72. The normalized spacial score (nSPS) is 10.9. The van der Waals surface area contributed by atoms with E-state index >= 15 is 0 Å². The molecule has 2 heteroatoms. The largest absolute Gasteiger partial charge is 0.399 e. The number of benzene rings is 2. The zero-order chi connectivity index (χ0) is 17.4. The van der Waals surface area contributed by atoms with Gasteiger partial charge in [0.1, 0.15) is 0 Å². The van der Waals surface area contributed by atoms with E-state index in [0.717, 1.165) is 37.1 Å². The topological polar surface area (TPSA) is 52.0 Å². The van der Waals surface area contributed by atoms with E-state index in [1.54, 1.807) is 0 Å². The molecule has 0 amide bonds. The minimum atomic E-state index is 0.876. The molecular formula is C22H32N2. The van der Waals surface area contributed by atoms with Crippen molar-refractivity contribution in [1.82, 2.24) is 0 Å². The molecule has 2 aromatic carbocycles. The number of hydrogen-bond acceptors (Lipinski definition) is 2. The van der Waals surface area contributed by atoms with Crippen molar-refractivity contribution in [2.24, 2.45) is 0 Å². The third-order valence-electron chi connectivity index (χ3n) is 4.72. The van der Waals surface area contributed by atoms with E-state index in [4.69, 9.17) is 11.5 Å². The van der Waals surface area contributed by atoms with E-state index in [2.05, 4.69) is 38.1 Å². The molecule has 0 bridgehead atoms. The van der Waals surface area contributed by atoms with Gasteiger partial charge in [0.05, 0.1) is 0 Å². The standard InChI is InChI=1S/C22H32N2/c1-3-5-7-19-15-21(23)13-11-17(19)9-10-18-12-14-22(24)16-20(18)8-6-4-2/h11-16H,3-10,23-24H2,1-2H3. The van der Waals surface area contributed by atoms with Gasteiger partial charge in [0.15, 0.2) is 0 Å². The maximum atomic E-state index is 5.99. The molecule has 0 aliphatic rings. The van der Waals surface area contributed by atoms with Crippen LogP contribution in [0.4, 0.5) is 11.4 Å². The summed E-state index contributed by atoms with van der Waals surface area (Å²) in [5.41, 5.74) is 19.4. The van der Waals surface area contributed by atoms with Crippen LogP contribution >= 0.6 is 0 Å². The number of aryl methyl sites for hydroxylation is 4. The van der Waals surface area contributed by atoms with Crippen molar-refractivity contribution in [2.45, 2.75) is 65.2 Å². The first-order valence-electron chi connectivity index (χ1n) is 9.38. The predicted octanol–water partition coefficient (Wildman–Crippen LogP) is 5.32. The highest BCUT2D eigenvalue weighted by molar-refractivity contribution is 5.47. The molecule has 0 spiro atoms. The Balaban J connectivity index is 2.13. The summed E-state index contributed by atoms with van der Waals surface area (Å²) in [7, 11) is 0. The predicted molar refractivity (Wildman–Crippen MR) is 106 cm³/mol. The van der Waals surface area contributed by atoms with E-state index < -0.39 is 0 Å².